The highest BCUT2D eigenvalue weighted by atomic mass is 16.6. The first-order chi connectivity index (χ1) is 40.0. The van der Waals surface area contributed by atoms with Crippen LogP contribution >= 0.6 is 0 Å². The molecular formula is C75H118O6. The second kappa shape index (κ2) is 67.3. The molecule has 6 nitrogen and oxygen atoms in total. The van der Waals surface area contributed by atoms with Crippen LogP contribution in [0.25, 0.3) is 0 Å². The van der Waals surface area contributed by atoms with Gasteiger partial charge in [0.15, 0.2) is 6.10 Å². The minimum atomic E-state index is -0.797. The van der Waals surface area contributed by atoms with Crippen LogP contribution in [0.3, 0.4) is 0 Å². The van der Waals surface area contributed by atoms with Crippen molar-refractivity contribution in [2.24, 2.45) is 0 Å². The summed E-state index contributed by atoms with van der Waals surface area (Å²) in [5.41, 5.74) is 0. The van der Waals surface area contributed by atoms with Gasteiger partial charge in [0.2, 0.25) is 0 Å². The fraction of sp³-hybridized carbons (Fsp3) is 0.587. The third kappa shape index (κ3) is 65.5. The highest BCUT2D eigenvalue weighted by Crippen LogP contribution is 2.14. The Bertz CT molecular complexity index is 1860. The third-order valence-corrected chi connectivity index (χ3v) is 13.2. The van der Waals surface area contributed by atoms with Crippen molar-refractivity contribution in [1.29, 1.82) is 0 Å². The molecule has 0 fully saturated rings. The topological polar surface area (TPSA) is 78.9 Å². The Kier molecular flexibility index (Phi) is 62.9. The molecule has 0 heterocycles. The van der Waals surface area contributed by atoms with Gasteiger partial charge in [-0.1, -0.05) is 281 Å². The second-order valence-corrected chi connectivity index (χ2v) is 20.9. The van der Waals surface area contributed by atoms with E-state index in [0.29, 0.717) is 19.3 Å². The first-order valence-electron chi connectivity index (χ1n) is 32.6. The summed E-state index contributed by atoms with van der Waals surface area (Å²) in [5.74, 6) is -0.940. The van der Waals surface area contributed by atoms with Crippen molar-refractivity contribution in [2.75, 3.05) is 13.2 Å². The number of ether oxygens (including phenoxy) is 3. The van der Waals surface area contributed by atoms with Crippen LogP contribution in [0.4, 0.5) is 0 Å². The van der Waals surface area contributed by atoms with Crippen LogP contribution in [0, 0.1) is 0 Å². The molecule has 0 bridgehead atoms. The monoisotopic (exact) mass is 1110 g/mol. The standard InChI is InChI=1S/C75H118O6/c1-4-7-10-13-15-17-19-21-23-25-27-29-31-33-35-36-37-38-40-41-43-45-47-49-51-53-55-57-59-62-65-68-74(77)80-71-72(70-79-73(76)67-64-61-12-9-6-3)81-75(78)69-66-63-60-58-56-54-52-50-48-46-44-42-39-34-32-30-28-26-24-22-20-18-16-14-11-8-5-2/h7-8,10-11,15-18,21-24,27-30,33-35,37-39,41,43-44,46,50,52,72H,4-6,9,12-14,19-20,25-26,31-32,36,40,42,45,47-49,51,53-71H2,1-3H3/b10-7-,11-8-,17-15-,18-16-,23-21-,24-22-,29-27-,30-28-,35-33-,38-37-,39-34-,43-41-,46-44-,52-50-. The summed E-state index contributed by atoms with van der Waals surface area (Å²) < 4.78 is 16.8. The smallest absolute Gasteiger partial charge is 0.306 e. The van der Waals surface area contributed by atoms with Crippen LogP contribution in [0.15, 0.2) is 170 Å². The predicted octanol–water partition coefficient (Wildman–Crippen LogP) is 22.7. The molecule has 1 atom stereocenters. The van der Waals surface area contributed by atoms with Crippen molar-refractivity contribution in [2.45, 2.75) is 271 Å². The van der Waals surface area contributed by atoms with Crippen LogP contribution in [0.2, 0.25) is 0 Å². The molecule has 0 aliphatic rings. The van der Waals surface area contributed by atoms with E-state index in [4.69, 9.17) is 14.2 Å². The van der Waals surface area contributed by atoms with Gasteiger partial charge in [-0.2, -0.15) is 0 Å². The molecule has 0 N–H and O–H groups in total. The van der Waals surface area contributed by atoms with E-state index in [1.165, 1.54) is 38.5 Å². The number of allylic oxidation sites excluding steroid dienone is 28. The molecule has 454 valence electrons. The maximum Gasteiger partial charge on any atom is 0.306 e. The molecule has 0 aliphatic carbocycles. The lowest BCUT2D eigenvalue weighted by Gasteiger charge is -2.18. The average Bonchev–Trinajstić information content (AvgIpc) is 3.47. The van der Waals surface area contributed by atoms with Gasteiger partial charge < -0.3 is 14.2 Å². The maximum atomic E-state index is 12.8. The summed E-state index contributed by atoms with van der Waals surface area (Å²) in [6.45, 7) is 6.30. The molecule has 0 aromatic rings. The highest BCUT2D eigenvalue weighted by molar-refractivity contribution is 5.71. The summed E-state index contributed by atoms with van der Waals surface area (Å²) in [7, 11) is 0. The van der Waals surface area contributed by atoms with E-state index in [1.54, 1.807) is 0 Å². The van der Waals surface area contributed by atoms with Gasteiger partial charge in [-0.25, -0.2) is 0 Å². The van der Waals surface area contributed by atoms with Gasteiger partial charge in [-0.05, 0) is 135 Å². The number of carbonyl (C=O) groups is 3. The second-order valence-electron chi connectivity index (χ2n) is 20.9. The predicted molar refractivity (Wildman–Crippen MR) is 352 cm³/mol. The lowest BCUT2D eigenvalue weighted by molar-refractivity contribution is -0.167. The van der Waals surface area contributed by atoms with Gasteiger partial charge in [0.1, 0.15) is 13.2 Å². The first kappa shape index (κ1) is 75.8. The molecule has 0 aromatic carbocycles. The van der Waals surface area contributed by atoms with E-state index in [9.17, 15) is 14.4 Å². The lowest BCUT2D eigenvalue weighted by atomic mass is 10.1. The Labute approximate surface area is 498 Å². The fourth-order valence-corrected chi connectivity index (χ4v) is 8.40. The number of esters is 3. The fourth-order valence-electron chi connectivity index (χ4n) is 8.40. The minimum Gasteiger partial charge on any atom is -0.462 e. The van der Waals surface area contributed by atoms with Crippen molar-refractivity contribution >= 4 is 17.9 Å². The molecule has 1 unspecified atom stereocenters. The minimum absolute atomic E-state index is 0.0950. The first-order valence-corrected chi connectivity index (χ1v) is 32.6. The quantitative estimate of drug-likeness (QED) is 0.0261. The summed E-state index contributed by atoms with van der Waals surface area (Å²) in [6.07, 6.45) is 99.8. The number of rotatable bonds is 57. The van der Waals surface area contributed by atoms with Crippen molar-refractivity contribution in [3.05, 3.63) is 170 Å². The zero-order valence-electron chi connectivity index (χ0n) is 52.0. The van der Waals surface area contributed by atoms with Crippen molar-refractivity contribution in [1.82, 2.24) is 0 Å². The van der Waals surface area contributed by atoms with Crippen molar-refractivity contribution in [3.63, 3.8) is 0 Å². The summed E-state index contributed by atoms with van der Waals surface area (Å²) in [5, 5.41) is 0. The zero-order chi connectivity index (χ0) is 58.5. The average molecular weight is 1120 g/mol. The normalized spacial score (nSPS) is 13.3. The Morgan fingerprint density at radius 1 is 0.259 bits per heavy atom. The van der Waals surface area contributed by atoms with Gasteiger partial charge in [-0.15, -0.1) is 0 Å². The molecule has 0 amide bonds. The molecule has 0 radical (unpaired) electrons. The number of hydrogen-bond donors (Lipinski definition) is 0. The van der Waals surface area contributed by atoms with E-state index in [2.05, 4.69) is 191 Å². The molecule has 6 heteroatoms. The molecule has 0 rings (SSSR count). The van der Waals surface area contributed by atoms with Crippen LogP contribution < -0.4 is 0 Å². The molecule has 0 saturated carbocycles. The SMILES string of the molecule is CC/C=C\C/C=C\C/C=C\C/C=C\C/C=C\C/C=C\C/C=C\CCCCCCCCCCCC(=O)OCC(COC(=O)CCCCCCC)OC(=O)CCCCCCC/C=C\C/C=C\C/C=C\C/C=C\C/C=C\C/C=C\C/C=C\CC. The van der Waals surface area contributed by atoms with Gasteiger partial charge in [0.25, 0.3) is 0 Å². The summed E-state index contributed by atoms with van der Waals surface area (Å²) in [4.78, 5) is 38.0. The van der Waals surface area contributed by atoms with E-state index < -0.39 is 6.10 Å². The largest absolute Gasteiger partial charge is 0.462 e. The Morgan fingerprint density at radius 3 is 0.753 bits per heavy atom. The Balaban J connectivity index is 4.15. The van der Waals surface area contributed by atoms with Crippen molar-refractivity contribution in [3.8, 4) is 0 Å². The molecule has 0 aromatic heterocycles. The molecular weight excluding hydrogens is 997 g/mol. The number of unbranched alkanes of at least 4 members (excludes halogenated alkanes) is 18. The van der Waals surface area contributed by atoms with E-state index >= 15 is 0 Å². The lowest BCUT2D eigenvalue weighted by Crippen LogP contribution is -2.30. The third-order valence-electron chi connectivity index (χ3n) is 13.2. The maximum absolute atomic E-state index is 12.8. The molecule has 0 saturated heterocycles. The van der Waals surface area contributed by atoms with E-state index in [-0.39, 0.29) is 31.1 Å². The van der Waals surface area contributed by atoms with Crippen LogP contribution in [0.1, 0.15) is 265 Å². The molecule has 0 aliphatic heterocycles. The summed E-state index contributed by atoms with van der Waals surface area (Å²) >= 11 is 0. The van der Waals surface area contributed by atoms with Gasteiger partial charge in [0.05, 0.1) is 0 Å². The Morgan fingerprint density at radius 2 is 0.481 bits per heavy atom. The van der Waals surface area contributed by atoms with Gasteiger partial charge in [-0.3, -0.25) is 14.4 Å². The van der Waals surface area contributed by atoms with Gasteiger partial charge >= 0.3 is 17.9 Å². The molecule has 0 spiro atoms. The Hall–Kier alpha value is -5.23. The zero-order valence-corrected chi connectivity index (χ0v) is 52.0. The van der Waals surface area contributed by atoms with Crippen LogP contribution in [-0.4, -0.2) is 37.2 Å². The highest BCUT2D eigenvalue weighted by Gasteiger charge is 2.19. The number of hydrogen-bond acceptors (Lipinski definition) is 6. The van der Waals surface area contributed by atoms with E-state index in [0.717, 1.165) is 186 Å². The van der Waals surface area contributed by atoms with Gasteiger partial charge in [0, 0.05) is 19.3 Å². The summed E-state index contributed by atoms with van der Waals surface area (Å²) in [6, 6.07) is 0. The molecule has 81 heavy (non-hydrogen) atoms. The van der Waals surface area contributed by atoms with Crippen molar-refractivity contribution < 1.29 is 28.6 Å². The van der Waals surface area contributed by atoms with E-state index in [1.807, 2.05) is 0 Å². The van der Waals surface area contributed by atoms with Crippen LogP contribution in [0.5, 0.6) is 0 Å². The van der Waals surface area contributed by atoms with Crippen LogP contribution in [-0.2, 0) is 28.6 Å². The number of carbonyl (C=O) groups excluding carboxylic acids is 3.